The highest BCUT2D eigenvalue weighted by Crippen LogP contribution is 2.50. The van der Waals surface area contributed by atoms with Gasteiger partial charge in [0, 0.05) is 5.54 Å². The SMILES string of the molecule is CCCCCCCCCCCCC(C)(CCCCCCCCCCCC)C(CCCCCCCCCCCC)(CCCCCCCCCCCC)N([O-])CCC. The van der Waals surface area contributed by atoms with Crippen molar-refractivity contribution in [2.75, 3.05) is 6.54 Å². The number of hydroxylamine groups is 2. The van der Waals surface area contributed by atoms with Crippen molar-refractivity contribution in [3.05, 3.63) is 5.21 Å². The van der Waals surface area contributed by atoms with Crippen LogP contribution >= 0.6 is 0 Å². The van der Waals surface area contributed by atoms with Crippen LogP contribution in [-0.4, -0.2) is 17.1 Å². The zero-order chi connectivity index (χ0) is 41.1. The number of unbranched alkanes of at least 4 members (excludes halogenated alkanes) is 36. The van der Waals surface area contributed by atoms with Gasteiger partial charge in [-0.05, 0) is 44.1 Å². The van der Waals surface area contributed by atoms with E-state index in [0.29, 0.717) is 0 Å². The molecule has 0 spiro atoms. The van der Waals surface area contributed by atoms with E-state index in [1.54, 1.807) is 5.06 Å². The first-order chi connectivity index (χ1) is 27.5. The molecule has 338 valence electrons. The lowest BCUT2D eigenvalue weighted by Crippen LogP contribution is -2.57. The van der Waals surface area contributed by atoms with Gasteiger partial charge in [0.2, 0.25) is 0 Å². The monoisotopic (exact) mass is 789 g/mol. The van der Waals surface area contributed by atoms with Crippen molar-refractivity contribution in [1.82, 2.24) is 5.06 Å². The van der Waals surface area contributed by atoms with Crippen LogP contribution in [0.4, 0.5) is 0 Å². The van der Waals surface area contributed by atoms with Gasteiger partial charge in [-0.25, -0.2) is 0 Å². The van der Waals surface area contributed by atoms with Gasteiger partial charge in [0.05, 0.1) is 0 Å². The Morgan fingerprint density at radius 3 is 0.679 bits per heavy atom. The van der Waals surface area contributed by atoms with E-state index >= 15 is 0 Å². The van der Waals surface area contributed by atoms with Gasteiger partial charge in [0.1, 0.15) is 0 Å². The molecule has 0 aromatic carbocycles. The van der Waals surface area contributed by atoms with Crippen molar-refractivity contribution in [3.63, 3.8) is 0 Å². The Labute approximate surface area is 357 Å². The maximum atomic E-state index is 14.8. The molecule has 0 radical (unpaired) electrons. The minimum absolute atomic E-state index is 0.114. The van der Waals surface area contributed by atoms with Gasteiger partial charge in [0.15, 0.2) is 0 Å². The summed E-state index contributed by atoms with van der Waals surface area (Å²) in [5.41, 5.74) is -0.0787. The number of hydrogen-bond acceptors (Lipinski definition) is 2. The van der Waals surface area contributed by atoms with Crippen molar-refractivity contribution in [2.45, 2.75) is 336 Å². The molecule has 0 amide bonds. The Bertz CT molecular complexity index is 686. The second-order valence-corrected chi connectivity index (χ2v) is 19.4. The number of hydrogen-bond donors (Lipinski definition) is 0. The predicted octanol–water partition coefficient (Wildman–Crippen LogP) is 20.2. The van der Waals surface area contributed by atoms with Gasteiger partial charge in [-0.15, -0.1) is 0 Å². The number of nitrogens with zero attached hydrogens (tertiary/aromatic N) is 1. The summed E-state index contributed by atoms with van der Waals surface area (Å²) < 4.78 is 0. The third-order valence-corrected chi connectivity index (χ3v) is 14.1. The van der Waals surface area contributed by atoms with Crippen LogP contribution in [0.3, 0.4) is 0 Å². The summed E-state index contributed by atoms with van der Waals surface area (Å²) in [5, 5.41) is 16.5. The smallest absolute Gasteiger partial charge is 0.0145 e. The van der Waals surface area contributed by atoms with Gasteiger partial charge in [0.25, 0.3) is 0 Å². The summed E-state index contributed by atoms with van der Waals surface area (Å²) in [4.78, 5) is 0. The standard InChI is InChI=1S/C54H110NO/c1-7-12-16-20-24-28-32-36-40-44-48-53(6,49-45-41-37-33-29-25-21-17-13-8-2)54(55(56)52-11-5,50-46-42-38-34-30-26-22-18-14-9-3)51-47-43-39-35-31-27-23-19-15-10-4/h7-52H2,1-6H3/q-1. The second kappa shape index (κ2) is 43.0. The van der Waals surface area contributed by atoms with Crippen molar-refractivity contribution < 1.29 is 0 Å². The van der Waals surface area contributed by atoms with Crippen molar-refractivity contribution in [1.29, 1.82) is 0 Å². The molecule has 0 aromatic heterocycles. The predicted molar refractivity (Wildman–Crippen MR) is 257 cm³/mol. The molecule has 0 aromatic rings. The van der Waals surface area contributed by atoms with Crippen LogP contribution in [-0.2, 0) is 0 Å². The van der Waals surface area contributed by atoms with Crippen LogP contribution in [0.2, 0.25) is 0 Å². The molecular formula is C54H110NO-. The van der Waals surface area contributed by atoms with E-state index in [9.17, 15) is 5.21 Å². The van der Waals surface area contributed by atoms with Gasteiger partial charge in [-0.3, -0.25) is 0 Å². The first-order valence-electron chi connectivity index (χ1n) is 26.9. The molecule has 0 rings (SSSR count). The second-order valence-electron chi connectivity index (χ2n) is 19.4. The minimum Gasteiger partial charge on any atom is -0.785 e. The summed E-state index contributed by atoms with van der Waals surface area (Å²) in [6.45, 7) is 14.9. The number of rotatable bonds is 48. The van der Waals surface area contributed by atoms with Crippen LogP contribution in [0.1, 0.15) is 330 Å². The lowest BCUT2D eigenvalue weighted by Gasteiger charge is -2.60. The molecular weight excluding hydrogens is 679 g/mol. The third kappa shape index (κ3) is 30.9. The van der Waals surface area contributed by atoms with Gasteiger partial charge in [-0.1, -0.05) is 298 Å². The first kappa shape index (κ1) is 55.9. The molecule has 2 nitrogen and oxygen atoms in total. The van der Waals surface area contributed by atoms with Crippen molar-refractivity contribution in [2.24, 2.45) is 5.41 Å². The quantitative estimate of drug-likeness (QED) is 0.0453. The highest BCUT2D eigenvalue weighted by atomic mass is 16.5. The molecule has 0 N–H and O–H groups in total. The summed E-state index contributed by atoms with van der Waals surface area (Å²) in [6.07, 6.45) is 61.2. The molecule has 0 unspecified atom stereocenters. The average Bonchev–Trinajstić information content (AvgIpc) is 3.20. The molecule has 0 fully saturated rings. The van der Waals surface area contributed by atoms with Crippen LogP contribution in [0.5, 0.6) is 0 Å². The molecule has 56 heavy (non-hydrogen) atoms. The van der Waals surface area contributed by atoms with Crippen LogP contribution < -0.4 is 0 Å². The summed E-state index contributed by atoms with van der Waals surface area (Å²) >= 11 is 0. The van der Waals surface area contributed by atoms with Crippen LogP contribution in [0.25, 0.3) is 0 Å². The van der Waals surface area contributed by atoms with E-state index in [1.807, 2.05) is 0 Å². The van der Waals surface area contributed by atoms with Crippen LogP contribution in [0.15, 0.2) is 0 Å². The maximum Gasteiger partial charge on any atom is 0.0145 e. The normalized spacial score (nSPS) is 12.4. The van der Waals surface area contributed by atoms with E-state index < -0.39 is 0 Å². The van der Waals surface area contributed by atoms with Crippen molar-refractivity contribution in [3.8, 4) is 0 Å². The molecule has 0 heterocycles. The fourth-order valence-electron chi connectivity index (χ4n) is 10.1. The fourth-order valence-corrected chi connectivity index (χ4v) is 10.1. The fraction of sp³-hybridized carbons (Fsp3) is 1.00. The lowest BCUT2D eigenvalue weighted by atomic mass is 9.60. The zero-order valence-electron chi connectivity index (χ0n) is 40.4. The Morgan fingerprint density at radius 2 is 0.464 bits per heavy atom. The molecule has 0 atom stereocenters. The Morgan fingerprint density at radius 1 is 0.268 bits per heavy atom. The lowest BCUT2D eigenvalue weighted by molar-refractivity contribution is -0.0311. The Balaban J connectivity index is 5.74. The Kier molecular flexibility index (Phi) is 43.0. The molecule has 0 bridgehead atoms. The zero-order valence-corrected chi connectivity index (χ0v) is 40.4. The minimum atomic E-state index is -0.193. The summed E-state index contributed by atoms with van der Waals surface area (Å²) in [6, 6.07) is 0. The molecule has 0 aliphatic heterocycles. The van der Waals surface area contributed by atoms with Crippen LogP contribution in [0, 0.1) is 10.6 Å². The highest BCUT2D eigenvalue weighted by molar-refractivity contribution is 5.04. The Hall–Kier alpha value is -0.0800. The van der Waals surface area contributed by atoms with Gasteiger partial charge < -0.3 is 10.3 Å². The molecule has 0 saturated heterocycles. The van der Waals surface area contributed by atoms with Gasteiger partial charge in [-0.2, -0.15) is 0 Å². The first-order valence-corrected chi connectivity index (χ1v) is 26.9. The molecule has 2 heteroatoms. The van der Waals surface area contributed by atoms with E-state index in [2.05, 4.69) is 41.5 Å². The summed E-state index contributed by atoms with van der Waals surface area (Å²) in [7, 11) is 0. The summed E-state index contributed by atoms with van der Waals surface area (Å²) in [5.74, 6) is 0. The average molecular weight is 789 g/mol. The van der Waals surface area contributed by atoms with E-state index in [1.165, 1.54) is 270 Å². The van der Waals surface area contributed by atoms with Crippen molar-refractivity contribution >= 4 is 0 Å². The molecule has 0 saturated carbocycles. The molecule has 0 aliphatic rings. The van der Waals surface area contributed by atoms with E-state index in [4.69, 9.17) is 0 Å². The largest absolute Gasteiger partial charge is 0.785 e. The topological polar surface area (TPSA) is 26.3 Å². The molecule has 0 aliphatic carbocycles. The maximum absolute atomic E-state index is 14.8. The van der Waals surface area contributed by atoms with Gasteiger partial charge >= 0.3 is 0 Å². The van der Waals surface area contributed by atoms with E-state index in [-0.39, 0.29) is 11.0 Å². The third-order valence-electron chi connectivity index (χ3n) is 14.1. The highest BCUT2D eigenvalue weighted by Gasteiger charge is 2.46. The van der Waals surface area contributed by atoms with E-state index in [0.717, 1.165) is 25.8 Å².